The first kappa shape index (κ1) is 23.8. The molecule has 8 rings (SSSR count). The number of hydrogen-bond donors (Lipinski definition) is 3. The van der Waals surface area contributed by atoms with Crippen molar-refractivity contribution in [2.75, 3.05) is 0 Å². The Morgan fingerprint density at radius 1 is 0.973 bits per heavy atom. The van der Waals surface area contributed by atoms with Crippen LogP contribution in [0.15, 0.2) is 82.1 Å². The molecule has 2 heterocycles. The van der Waals surface area contributed by atoms with Gasteiger partial charge in [0.15, 0.2) is 12.4 Å². The van der Waals surface area contributed by atoms with Gasteiger partial charge < -0.3 is 10.4 Å². The number of pyridine rings is 1. The van der Waals surface area contributed by atoms with Crippen molar-refractivity contribution in [3.8, 4) is 6.07 Å². The molecule has 4 fully saturated rings. The molecule has 4 saturated carbocycles. The second-order valence-corrected chi connectivity index (χ2v) is 13.3. The van der Waals surface area contributed by atoms with Crippen LogP contribution in [-0.4, -0.2) is 10.8 Å². The Labute approximate surface area is 231 Å². The Morgan fingerprint density at radius 3 is 2.30 bits per heavy atom. The summed E-state index contributed by atoms with van der Waals surface area (Å²) in [5, 5.41) is 29.9. The SMILES string of the molecule is N#CC1=C(S)N[C@](O)(C23CC4CC(CC(C4)C2)C3)[C@H]([n+]2ccc3ccccc3c2)[C@@H]1c1cccc(Br)c1. The van der Waals surface area contributed by atoms with Crippen LogP contribution >= 0.6 is 28.6 Å². The molecule has 188 valence electrons. The predicted molar refractivity (Wildman–Crippen MR) is 150 cm³/mol. The van der Waals surface area contributed by atoms with E-state index in [1.165, 1.54) is 19.3 Å². The first-order chi connectivity index (χ1) is 17.9. The highest BCUT2D eigenvalue weighted by Gasteiger charge is 2.68. The number of benzene rings is 2. The molecule has 6 heteroatoms. The summed E-state index contributed by atoms with van der Waals surface area (Å²) in [6.45, 7) is 0. The molecule has 0 radical (unpaired) electrons. The first-order valence-corrected chi connectivity index (χ1v) is 14.6. The van der Waals surface area contributed by atoms with E-state index in [1.54, 1.807) is 0 Å². The minimum absolute atomic E-state index is 0.260. The van der Waals surface area contributed by atoms with Gasteiger partial charge in [-0.1, -0.05) is 46.3 Å². The van der Waals surface area contributed by atoms with Crippen molar-refractivity contribution < 1.29 is 9.67 Å². The zero-order chi connectivity index (χ0) is 25.4. The van der Waals surface area contributed by atoms with Gasteiger partial charge in [-0.25, -0.2) is 0 Å². The largest absolute Gasteiger partial charge is 0.365 e. The smallest absolute Gasteiger partial charge is 0.217 e. The number of hydrogen-bond acceptors (Lipinski definition) is 4. The van der Waals surface area contributed by atoms with Gasteiger partial charge in [0.25, 0.3) is 0 Å². The molecule has 37 heavy (non-hydrogen) atoms. The standard InChI is InChI=1S/C31H30BrN3OS/c32-25-7-3-6-23(13-25)27-26(17-33)29(37)34-31(36,30-14-19-10-20(15-30)12-21(11-19)16-30)28(27)35-9-8-22-4-1-2-5-24(22)18-35/h1-9,13,18-21,27-28,34,36H,10-12,14-16H2/p+1/t19?,20?,21?,27-,28-,30?,31-/m1/s1. The molecule has 4 nitrogen and oxygen atoms in total. The lowest BCUT2D eigenvalue weighted by molar-refractivity contribution is -0.744. The number of halogens is 1. The molecular weight excluding hydrogens is 542 g/mol. The van der Waals surface area contributed by atoms with Gasteiger partial charge in [0, 0.05) is 21.3 Å². The molecule has 4 aliphatic carbocycles. The van der Waals surface area contributed by atoms with Crippen LogP contribution in [0.3, 0.4) is 0 Å². The molecular formula is C31H31BrN3OS+. The highest BCUT2D eigenvalue weighted by molar-refractivity contribution is 9.10. The minimum atomic E-state index is -1.25. The van der Waals surface area contributed by atoms with E-state index in [9.17, 15) is 10.4 Å². The van der Waals surface area contributed by atoms with Crippen molar-refractivity contribution in [2.45, 2.75) is 56.2 Å². The molecule has 1 aliphatic heterocycles. The van der Waals surface area contributed by atoms with E-state index in [2.05, 4.69) is 86.7 Å². The van der Waals surface area contributed by atoms with Crippen molar-refractivity contribution in [3.05, 3.63) is 87.6 Å². The van der Waals surface area contributed by atoms with E-state index in [0.717, 1.165) is 40.1 Å². The summed E-state index contributed by atoms with van der Waals surface area (Å²) in [4.78, 5) is 0. The molecule has 0 amide bonds. The number of fused-ring (bicyclic) bond motifs is 1. The van der Waals surface area contributed by atoms with Gasteiger partial charge >= 0.3 is 0 Å². The monoisotopic (exact) mass is 572 g/mol. The lowest BCUT2D eigenvalue weighted by Gasteiger charge is -2.63. The molecule has 3 aromatic rings. The van der Waals surface area contributed by atoms with Gasteiger partial charge in [0.05, 0.1) is 22.6 Å². The summed E-state index contributed by atoms with van der Waals surface area (Å²) < 4.78 is 3.14. The zero-order valence-corrected chi connectivity index (χ0v) is 23.1. The maximum absolute atomic E-state index is 13.2. The van der Waals surface area contributed by atoms with E-state index < -0.39 is 11.8 Å². The average molecular weight is 574 g/mol. The van der Waals surface area contributed by atoms with E-state index in [4.69, 9.17) is 12.6 Å². The van der Waals surface area contributed by atoms with E-state index in [-0.39, 0.29) is 11.3 Å². The number of aromatic nitrogens is 1. The number of nitriles is 1. The fraction of sp³-hybridized carbons (Fsp3) is 0.419. The van der Waals surface area contributed by atoms with Crippen molar-refractivity contribution in [2.24, 2.45) is 23.2 Å². The first-order valence-electron chi connectivity index (χ1n) is 13.4. The lowest BCUT2D eigenvalue weighted by atomic mass is 9.45. The third-order valence-corrected chi connectivity index (χ3v) is 10.7. The quantitative estimate of drug-likeness (QED) is 0.252. The minimum Gasteiger partial charge on any atom is -0.365 e. The normalized spacial score (nSPS) is 36.4. The molecule has 0 unspecified atom stereocenters. The van der Waals surface area contributed by atoms with Crippen LogP contribution in [0.5, 0.6) is 0 Å². The van der Waals surface area contributed by atoms with Gasteiger partial charge in [0.2, 0.25) is 11.8 Å². The number of nitrogens with one attached hydrogen (secondary N) is 1. The number of aliphatic hydroxyl groups is 1. The van der Waals surface area contributed by atoms with Gasteiger partial charge in [-0.05, 0) is 85.4 Å². The van der Waals surface area contributed by atoms with Crippen molar-refractivity contribution >= 4 is 39.3 Å². The topological polar surface area (TPSA) is 59.9 Å². The van der Waals surface area contributed by atoms with Crippen LogP contribution < -0.4 is 9.88 Å². The molecule has 4 bridgehead atoms. The highest BCUT2D eigenvalue weighted by Crippen LogP contribution is 2.66. The van der Waals surface area contributed by atoms with Crippen LogP contribution in [0, 0.1) is 34.5 Å². The van der Waals surface area contributed by atoms with Crippen LogP contribution in [-0.2, 0) is 0 Å². The summed E-state index contributed by atoms with van der Waals surface area (Å²) in [5.74, 6) is 1.68. The number of nitrogens with zero attached hydrogens (tertiary/aromatic N) is 2. The average Bonchev–Trinajstić information content (AvgIpc) is 2.87. The Hall–Kier alpha value is -2.33. The second-order valence-electron chi connectivity index (χ2n) is 12.0. The molecule has 5 aliphatic rings. The third-order valence-electron chi connectivity index (χ3n) is 9.83. The molecule has 0 spiro atoms. The summed E-state index contributed by atoms with van der Waals surface area (Å²) in [6, 6.07) is 20.7. The molecule has 2 N–H and O–H groups in total. The number of rotatable bonds is 3. The Bertz CT molecular complexity index is 1440. The maximum Gasteiger partial charge on any atom is 0.217 e. The van der Waals surface area contributed by atoms with Gasteiger partial charge in [-0.2, -0.15) is 9.83 Å². The highest BCUT2D eigenvalue weighted by atomic mass is 79.9. The zero-order valence-electron chi connectivity index (χ0n) is 20.6. The number of allylic oxidation sites excluding steroid dienone is 1. The molecule has 2 aromatic carbocycles. The van der Waals surface area contributed by atoms with Gasteiger partial charge in [-0.3, -0.25) is 0 Å². The van der Waals surface area contributed by atoms with Crippen LogP contribution in [0.2, 0.25) is 0 Å². The Balaban J connectivity index is 1.48. The fourth-order valence-corrected chi connectivity index (χ4v) is 9.55. The van der Waals surface area contributed by atoms with Crippen molar-refractivity contribution in [3.63, 3.8) is 0 Å². The predicted octanol–water partition coefficient (Wildman–Crippen LogP) is 6.39. The van der Waals surface area contributed by atoms with Gasteiger partial charge in [-0.15, -0.1) is 12.6 Å². The lowest BCUT2D eigenvalue weighted by Crippen LogP contribution is -2.73. The van der Waals surface area contributed by atoms with Crippen molar-refractivity contribution in [1.29, 1.82) is 5.26 Å². The molecule has 0 saturated heterocycles. The molecule has 3 atom stereocenters. The van der Waals surface area contributed by atoms with Gasteiger partial charge in [0.1, 0.15) is 0 Å². The Morgan fingerprint density at radius 2 is 1.65 bits per heavy atom. The molecule has 1 aromatic heterocycles. The third kappa shape index (κ3) is 3.61. The number of thiol groups is 1. The van der Waals surface area contributed by atoms with E-state index >= 15 is 0 Å². The summed E-state index contributed by atoms with van der Waals surface area (Å²) >= 11 is 8.48. The van der Waals surface area contributed by atoms with Crippen LogP contribution in [0.25, 0.3) is 10.8 Å². The summed E-state index contributed by atoms with van der Waals surface area (Å²) in [6.07, 6.45) is 11.2. The van der Waals surface area contributed by atoms with Crippen LogP contribution in [0.4, 0.5) is 0 Å². The second kappa shape index (κ2) is 8.59. The fourth-order valence-electron chi connectivity index (χ4n) is 8.77. The summed E-state index contributed by atoms with van der Waals surface area (Å²) in [7, 11) is 0. The van der Waals surface area contributed by atoms with E-state index in [0.29, 0.717) is 28.4 Å². The van der Waals surface area contributed by atoms with Crippen LogP contribution in [0.1, 0.15) is 56.0 Å². The van der Waals surface area contributed by atoms with E-state index in [1.807, 2.05) is 12.1 Å². The summed E-state index contributed by atoms with van der Waals surface area (Å²) in [5.41, 5.74) is 0.0690. The Kier molecular flexibility index (Phi) is 5.52. The maximum atomic E-state index is 13.2. The van der Waals surface area contributed by atoms with Crippen molar-refractivity contribution in [1.82, 2.24) is 5.32 Å².